The minimum Gasteiger partial charge on any atom is -0.488 e. The third kappa shape index (κ3) is 4.14. The zero-order chi connectivity index (χ0) is 11.1. The molecule has 5 heteroatoms. The summed E-state index contributed by atoms with van der Waals surface area (Å²) in [5, 5.41) is 0. The fourth-order valence-corrected chi connectivity index (χ4v) is 1.03. The topological polar surface area (TPSA) is 70.5 Å². The van der Waals surface area contributed by atoms with E-state index in [4.69, 9.17) is 20.9 Å². The molecule has 4 nitrogen and oxygen atoms in total. The molecule has 0 aliphatic rings. The molecule has 1 aromatic carbocycles. The smallest absolute Gasteiger partial charge is 0.167 e. The van der Waals surface area contributed by atoms with Crippen molar-refractivity contribution in [2.75, 3.05) is 32.1 Å². The van der Waals surface area contributed by atoms with Gasteiger partial charge in [-0.1, -0.05) is 0 Å². The highest BCUT2D eigenvalue weighted by atomic mass is 19.1. The third-order valence-electron chi connectivity index (χ3n) is 1.70. The van der Waals surface area contributed by atoms with Crippen LogP contribution in [-0.4, -0.2) is 26.4 Å². The minimum absolute atomic E-state index is 0.181. The zero-order valence-corrected chi connectivity index (χ0v) is 8.41. The van der Waals surface area contributed by atoms with E-state index in [-0.39, 0.29) is 5.75 Å². The lowest BCUT2D eigenvalue weighted by Crippen LogP contribution is -2.13. The third-order valence-corrected chi connectivity index (χ3v) is 1.70. The Hall–Kier alpha value is -1.33. The quantitative estimate of drug-likeness (QED) is 0.542. The van der Waals surface area contributed by atoms with Gasteiger partial charge in [0.15, 0.2) is 11.6 Å². The first-order valence-electron chi connectivity index (χ1n) is 4.69. The number of rotatable bonds is 6. The summed E-state index contributed by atoms with van der Waals surface area (Å²) in [5.41, 5.74) is 11.0. The van der Waals surface area contributed by atoms with Crippen molar-refractivity contribution in [3.63, 3.8) is 0 Å². The Labute approximate surface area is 88.0 Å². The number of hydrogen-bond acceptors (Lipinski definition) is 4. The predicted molar refractivity (Wildman–Crippen MR) is 56.2 cm³/mol. The Balaban J connectivity index is 2.31. The van der Waals surface area contributed by atoms with Crippen LogP contribution in [0.25, 0.3) is 0 Å². The van der Waals surface area contributed by atoms with E-state index in [1.807, 2.05) is 0 Å². The van der Waals surface area contributed by atoms with Crippen molar-refractivity contribution in [2.45, 2.75) is 0 Å². The molecular weight excluding hydrogens is 199 g/mol. The van der Waals surface area contributed by atoms with Gasteiger partial charge >= 0.3 is 0 Å². The second-order valence-electron chi connectivity index (χ2n) is 2.94. The number of hydrogen-bond donors (Lipinski definition) is 2. The highest BCUT2D eigenvalue weighted by Gasteiger charge is 2.02. The Bertz CT molecular complexity index is 307. The lowest BCUT2D eigenvalue weighted by Gasteiger charge is -2.07. The van der Waals surface area contributed by atoms with E-state index in [1.165, 1.54) is 12.1 Å². The van der Waals surface area contributed by atoms with Gasteiger partial charge in [-0.25, -0.2) is 4.39 Å². The molecule has 0 aliphatic heterocycles. The van der Waals surface area contributed by atoms with Crippen LogP contribution in [0.15, 0.2) is 18.2 Å². The molecule has 1 aromatic rings. The summed E-state index contributed by atoms with van der Waals surface area (Å²) in [6.07, 6.45) is 0. The van der Waals surface area contributed by atoms with Gasteiger partial charge in [0.2, 0.25) is 0 Å². The minimum atomic E-state index is -0.464. The second-order valence-corrected chi connectivity index (χ2v) is 2.94. The average molecular weight is 214 g/mol. The molecule has 0 aromatic heterocycles. The van der Waals surface area contributed by atoms with Crippen molar-refractivity contribution in [2.24, 2.45) is 5.73 Å². The van der Waals surface area contributed by atoms with Crippen LogP contribution in [0.3, 0.4) is 0 Å². The molecule has 0 unspecified atom stereocenters. The summed E-state index contributed by atoms with van der Waals surface area (Å²) in [6.45, 7) is 1.63. The monoisotopic (exact) mass is 214 g/mol. The largest absolute Gasteiger partial charge is 0.488 e. The first-order valence-corrected chi connectivity index (χ1v) is 4.69. The molecule has 15 heavy (non-hydrogen) atoms. The van der Waals surface area contributed by atoms with Crippen LogP contribution in [0.2, 0.25) is 0 Å². The van der Waals surface area contributed by atoms with Crippen LogP contribution in [-0.2, 0) is 4.74 Å². The summed E-state index contributed by atoms with van der Waals surface area (Å²) in [6, 6.07) is 4.29. The molecule has 0 heterocycles. The van der Waals surface area contributed by atoms with Crippen molar-refractivity contribution >= 4 is 5.69 Å². The van der Waals surface area contributed by atoms with Gasteiger partial charge in [-0.05, 0) is 12.1 Å². The van der Waals surface area contributed by atoms with Gasteiger partial charge in [0.1, 0.15) is 6.61 Å². The van der Waals surface area contributed by atoms with Crippen molar-refractivity contribution in [3.8, 4) is 5.75 Å². The molecular formula is C10H15FN2O2. The molecule has 84 valence electrons. The number of benzene rings is 1. The molecule has 1 rings (SSSR count). The molecule has 0 saturated heterocycles. The maximum atomic E-state index is 13.2. The SMILES string of the molecule is NCCOCCOc1ccc(N)cc1F. The first-order chi connectivity index (χ1) is 7.24. The van der Waals surface area contributed by atoms with Crippen LogP contribution in [0.4, 0.5) is 10.1 Å². The van der Waals surface area contributed by atoms with Gasteiger partial charge in [0.25, 0.3) is 0 Å². The lowest BCUT2D eigenvalue weighted by molar-refractivity contribution is 0.104. The molecule has 4 N–H and O–H groups in total. The van der Waals surface area contributed by atoms with E-state index in [2.05, 4.69) is 0 Å². The number of anilines is 1. The van der Waals surface area contributed by atoms with Crippen LogP contribution in [0.1, 0.15) is 0 Å². The summed E-state index contributed by atoms with van der Waals surface area (Å²) in [5.74, 6) is -0.283. The van der Waals surface area contributed by atoms with E-state index in [1.54, 1.807) is 6.07 Å². The van der Waals surface area contributed by atoms with Gasteiger partial charge in [-0.3, -0.25) is 0 Å². The van der Waals surface area contributed by atoms with Gasteiger partial charge in [-0.15, -0.1) is 0 Å². The highest BCUT2D eigenvalue weighted by molar-refractivity contribution is 5.42. The number of nitrogen functional groups attached to an aromatic ring is 1. The summed E-state index contributed by atoms with van der Waals surface area (Å²) >= 11 is 0. The van der Waals surface area contributed by atoms with E-state index < -0.39 is 5.82 Å². The van der Waals surface area contributed by atoms with Crippen LogP contribution >= 0.6 is 0 Å². The Kier molecular flexibility index (Phi) is 4.86. The van der Waals surface area contributed by atoms with Crippen LogP contribution < -0.4 is 16.2 Å². The van der Waals surface area contributed by atoms with Gasteiger partial charge in [0, 0.05) is 18.3 Å². The number of ether oxygens (including phenoxy) is 2. The first kappa shape index (κ1) is 11.7. The summed E-state index contributed by atoms with van der Waals surface area (Å²) in [4.78, 5) is 0. The maximum absolute atomic E-state index is 13.2. The molecule has 0 aliphatic carbocycles. The summed E-state index contributed by atoms with van der Waals surface area (Å²) in [7, 11) is 0. The van der Waals surface area contributed by atoms with Crippen molar-refractivity contribution < 1.29 is 13.9 Å². The fourth-order valence-electron chi connectivity index (χ4n) is 1.03. The molecule has 0 bridgehead atoms. The van der Waals surface area contributed by atoms with E-state index in [0.29, 0.717) is 32.1 Å². The molecule has 0 spiro atoms. The molecule has 0 saturated carbocycles. The van der Waals surface area contributed by atoms with Crippen LogP contribution in [0.5, 0.6) is 5.75 Å². The Morgan fingerprint density at radius 3 is 2.67 bits per heavy atom. The van der Waals surface area contributed by atoms with Crippen LogP contribution in [0, 0.1) is 5.82 Å². The second kappa shape index (κ2) is 6.21. The molecule has 0 amide bonds. The maximum Gasteiger partial charge on any atom is 0.167 e. The lowest BCUT2D eigenvalue weighted by atomic mass is 10.3. The Morgan fingerprint density at radius 1 is 1.20 bits per heavy atom. The zero-order valence-electron chi connectivity index (χ0n) is 8.41. The summed E-state index contributed by atoms with van der Waals surface area (Å²) < 4.78 is 23.4. The number of halogens is 1. The van der Waals surface area contributed by atoms with Gasteiger partial charge < -0.3 is 20.9 Å². The van der Waals surface area contributed by atoms with E-state index in [0.717, 1.165) is 0 Å². The van der Waals surface area contributed by atoms with Gasteiger partial charge in [-0.2, -0.15) is 0 Å². The molecule has 0 fully saturated rings. The fraction of sp³-hybridized carbons (Fsp3) is 0.400. The average Bonchev–Trinajstić information content (AvgIpc) is 2.20. The molecule has 0 radical (unpaired) electrons. The number of nitrogens with two attached hydrogens (primary N) is 2. The van der Waals surface area contributed by atoms with Gasteiger partial charge in [0.05, 0.1) is 13.2 Å². The molecule has 0 atom stereocenters. The van der Waals surface area contributed by atoms with E-state index >= 15 is 0 Å². The standard InChI is InChI=1S/C10H15FN2O2/c11-9-7-8(13)1-2-10(9)15-6-5-14-4-3-12/h1-2,7H,3-6,12-13H2. The van der Waals surface area contributed by atoms with E-state index in [9.17, 15) is 4.39 Å². The highest BCUT2D eigenvalue weighted by Crippen LogP contribution is 2.18. The van der Waals surface area contributed by atoms with Crippen molar-refractivity contribution in [3.05, 3.63) is 24.0 Å². The predicted octanol–water partition coefficient (Wildman–Crippen LogP) is 0.762. The normalized spacial score (nSPS) is 10.3. The van der Waals surface area contributed by atoms with Crippen molar-refractivity contribution in [1.29, 1.82) is 0 Å². The van der Waals surface area contributed by atoms with Crippen molar-refractivity contribution in [1.82, 2.24) is 0 Å². The Morgan fingerprint density at radius 2 is 2.00 bits per heavy atom.